The summed E-state index contributed by atoms with van der Waals surface area (Å²) in [7, 11) is 0. The van der Waals surface area contributed by atoms with Crippen LogP contribution >= 0.6 is 0 Å². The van der Waals surface area contributed by atoms with E-state index in [9.17, 15) is 10.1 Å². The van der Waals surface area contributed by atoms with Crippen LogP contribution in [-0.2, 0) is 16.0 Å². The summed E-state index contributed by atoms with van der Waals surface area (Å²) in [6.07, 6.45) is 6.06. The fourth-order valence-corrected chi connectivity index (χ4v) is 5.11. The molecule has 1 amide bonds. The van der Waals surface area contributed by atoms with Crippen LogP contribution in [0.1, 0.15) is 63.1 Å². The number of carbonyl (C=O) groups excluding carboxylic acids is 1. The maximum absolute atomic E-state index is 12.2. The number of carbonyl (C=O) groups is 1. The Morgan fingerprint density at radius 3 is 2.60 bits per heavy atom. The maximum atomic E-state index is 12.2. The summed E-state index contributed by atoms with van der Waals surface area (Å²) in [6.45, 7) is 5.29. The fraction of sp³-hybridized carbons (Fsp3) is 0.448. The van der Waals surface area contributed by atoms with E-state index in [2.05, 4.69) is 22.0 Å². The predicted molar refractivity (Wildman–Crippen MR) is 136 cm³/mol. The Balaban J connectivity index is 1.49. The van der Waals surface area contributed by atoms with Crippen LogP contribution in [0.15, 0.2) is 42.5 Å². The minimum atomic E-state index is 0.0181. The molecule has 1 aromatic heterocycles. The lowest BCUT2D eigenvalue weighted by atomic mass is 9.92. The molecule has 35 heavy (non-hydrogen) atoms. The van der Waals surface area contributed by atoms with Crippen LogP contribution < -0.4 is 10.1 Å². The molecule has 2 fully saturated rings. The molecule has 2 heterocycles. The van der Waals surface area contributed by atoms with Gasteiger partial charge in [0.15, 0.2) is 0 Å². The van der Waals surface area contributed by atoms with E-state index in [1.807, 2.05) is 50.2 Å². The van der Waals surface area contributed by atoms with E-state index in [-0.39, 0.29) is 18.1 Å². The second kappa shape index (κ2) is 10.1. The number of nitrogens with zero attached hydrogens (tertiary/aromatic N) is 2. The second-order valence-corrected chi connectivity index (χ2v) is 10.0. The average Bonchev–Trinajstić information content (AvgIpc) is 3.43. The van der Waals surface area contributed by atoms with Crippen LogP contribution in [0.4, 0.5) is 0 Å². The first-order valence-electron chi connectivity index (χ1n) is 12.7. The number of aromatic nitrogens is 1. The van der Waals surface area contributed by atoms with Crippen molar-refractivity contribution in [3.63, 3.8) is 0 Å². The van der Waals surface area contributed by atoms with E-state index in [1.165, 1.54) is 6.42 Å². The molecule has 0 spiro atoms. The van der Waals surface area contributed by atoms with Gasteiger partial charge in [-0.1, -0.05) is 24.3 Å². The van der Waals surface area contributed by atoms with Gasteiger partial charge in [0, 0.05) is 30.1 Å². The molecule has 1 aliphatic heterocycles. The van der Waals surface area contributed by atoms with Gasteiger partial charge in [0.1, 0.15) is 18.4 Å². The first-order chi connectivity index (χ1) is 17.0. The van der Waals surface area contributed by atoms with Gasteiger partial charge < -0.3 is 19.4 Å². The van der Waals surface area contributed by atoms with E-state index in [0.29, 0.717) is 24.6 Å². The highest BCUT2D eigenvalue weighted by atomic mass is 16.5. The van der Waals surface area contributed by atoms with Crippen molar-refractivity contribution in [2.45, 2.75) is 70.6 Å². The molecule has 5 rings (SSSR count). The number of nitriles is 1. The summed E-state index contributed by atoms with van der Waals surface area (Å²) >= 11 is 0. The van der Waals surface area contributed by atoms with Crippen LogP contribution in [0, 0.1) is 11.3 Å². The summed E-state index contributed by atoms with van der Waals surface area (Å²) in [6, 6.07) is 17.1. The Morgan fingerprint density at radius 1 is 1.17 bits per heavy atom. The third kappa shape index (κ3) is 4.92. The molecule has 0 radical (unpaired) electrons. The zero-order valence-electron chi connectivity index (χ0n) is 20.5. The number of fused-ring (bicyclic) bond motifs is 1. The fourth-order valence-electron chi connectivity index (χ4n) is 5.11. The number of hydrogen-bond acceptors (Lipinski definition) is 4. The van der Waals surface area contributed by atoms with Crippen LogP contribution in [0.3, 0.4) is 0 Å². The van der Waals surface area contributed by atoms with Crippen LogP contribution in [0.25, 0.3) is 22.2 Å². The molecule has 1 saturated carbocycles. The molecule has 6 heteroatoms. The Hall–Kier alpha value is -3.30. The highest BCUT2D eigenvalue weighted by Crippen LogP contribution is 2.43. The zero-order chi connectivity index (χ0) is 24.4. The SMILES string of the molecule is CC(C)NC(=O)Cc1ccc(-c2c(C#N)c3ccc(OCC4CCCO4)cc3n2C2CCC2)cc1. The zero-order valence-corrected chi connectivity index (χ0v) is 20.5. The Morgan fingerprint density at radius 2 is 1.97 bits per heavy atom. The number of nitrogens with one attached hydrogen (secondary N) is 1. The first kappa shape index (κ1) is 23.4. The molecule has 1 N–H and O–H groups in total. The molecule has 3 aromatic rings. The van der Waals surface area contributed by atoms with Gasteiger partial charge >= 0.3 is 0 Å². The number of amides is 1. The Kier molecular flexibility index (Phi) is 6.79. The van der Waals surface area contributed by atoms with Crippen LogP contribution in [-0.4, -0.2) is 35.8 Å². The molecule has 0 bridgehead atoms. The van der Waals surface area contributed by atoms with E-state index >= 15 is 0 Å². The van der Waals surface area contributed by atoms with Crippen molar-refractivity contribution in [3.05, 3.63) is 53.6 Å². The topological polar surface area (TPSA) is 76.3 Å². The molecule has 1 unspecified atom stereocenters. The summed E-state index contributed by atoms with van der Waals surface area (Å²) in [5, 5.41) is 14.1. The number of benzene rings is 2. The largest absolute Gasteiger partial charge is 0.491 e. The van der Waals surface area contributed by atoms with E-state index < -0.39 is 0 Å². The third-order valence-corrected chi connectivity index (χ3v) is 7.03. The van der Waals surface area contributed by atoms with Gasteiger partial charge in [-0.25, -0.2) is 0 Å². The van der Waals surface area contributed by atoms with Crippen molar-refractivity contribution in [2.75, 3.05) is 13.2 Å². The highest BCUT2D eigenvalue weighted by molar-refractivity contribution is 5.95. The van der Waals surface area contributed by atoms with Crippen molar-refractivity contribution in [2.24, 2.45) is 0 Å². The molecular formula is C29H33N3O3. The summed E-state index contributed by atoms with van der Waals surface area (Å²) in [5.41, 5.74) is 4.66. The Bertz CT molecular complexity index is 1240. The smallest absolute Gasteiger partial charge is 0.224 e. The van der Waals surface area contributed by atoms with Gasteiger partial charge in [-0.2, -0.15) is 5.26 Å². The minimum absolute atomic E-state index is 0.0181. The van der Waals surface area contributed by atoms with Gasteiger partial charge in [0.05, 0.1) is 29.3 Å². The minimum Gasteiger partial charge on any atom is -0.491 e. The third-order valence-electron chi connectivity index (χ3n) is 7.03. The number of hydrogen-bond donors (Lipinski definition) is 1. The normalized spacial score (nSPS) is 17.9. The monoisotopic (exact) mass is 471 g/mol. The van der Waals surface area contributed by atoms with Crippen molar-refractivity contribution in [1.82, 2.24) is 9.88 Å². The van der Waals surface area contributed by atoms with Crippen molar-refractivity contribution < 1.29 is 14.3 Å². The van der Waals surface area contributed by atoms with Gasteiger partial charge in [-0.15, -0.1) is 0 Å². The molecule has 2 aliphatic rings. The summed E-state index contributed by atoms with van der Waals surface area (Å²) < 4.78 is 14.1. The molecule has 2 aromatic carbocycles. The molecule has 1 atom stereocenters. The van der Waals surface area contributed by atoms with Gasteiger partial charge in [0.25, 0.3) is 0 Å². The van der Waals surface area contributed by atoms with Gasteiger partial charge in [-0.3, -0.25) is 4.79 Å². The standard InChI is InChI=1S/C29H33N3O3/c1-19(2)31-28(33)15-20-8-10-21(11-9-20)29-26(17-30)25-13-12-23(35-18-24-7-4-14-34-24)16-27(25)32(29)22-5-3-6-22/h8-13,16,19,22,24H,3-7,14-15,18H2,1-2H3,(H,31,33). The van der Waals surface area contributed by atoms with Crippen molar-refractivity contribution in [3.8, 4) is 23.1 Å². The summed E-state index contributed by atoms with van der Waals surface area (Å²) in [4.78, 5) is 12.2. The Labute approximate surface area is 206 Å². The number of ether oxygens (including phenoxy) is 2. The molecule has 182 valence electrons. The predicted octanol–water partition coefficient (Wildman–Crippen LogP) is 5.53. The lowest BCUT2D eigenvalue weighted by Crippen LogP contribution is -2.31. The van der Waals surface area contributed by atoms with E-state index in [4.69, 9.17) is 9.47 Å². The average molecular weight is 472 g/mol. The summed E-state index contributed by atoms with van der Waals surface area (Å²) in [5.74, 6) is 0.832. The van der Waals surface area contributed by atoms with Crippen molar-refractivity contribution in [1.29, 1.82) is 5.26 Å². The maximum Gasteiger partial charge on any atom is 0.224 e. The second-order valence-electron chi connectivity index (χ2n) is 10.0. The van der Waals surface area contributed by atoms with Gasteiger partial charge in [0.2, 0.25) is 5.91 Å². The highest BCUT2D eigenvalue weighted by Gasteiger charge is 2.28. The molecule has 6 nitrogen and oxygen atoms in total. The molecule has 1 aliphatic carbocycles. The molecule has 1 saturated heterocycles. The van der Waals surface area contributed by atoms with Gasteiger partial charge in [-0.05, 0) is 69.2 Å². The molecular weight excluding hydrogens is 438 g/mol. The lowest BCUT2D eigenvalue weighted by Gasteiger charge is -2.30. The number of rotatable bonds is 8. The first-order valence-corrected chi connectivity index (χ1v) is 12.7. The lowest BCUT2D eigenvalue weighted by molar-refractivity contribution is -0.120. The van der Waals surface area contributed by atoms with Crippen molar-refractivity contribution >= 4 is 16.8 Å². The van der Waals surface area contributed by atoms with Crippen LogP contribution in [0.2, 0.25) is 0 Å². The van der Waals surface area contributed by atoms with Crippen LogP contribution in [0.5, 0.6) is 5.75 Å². The quantitative estimate of drug-likeness (QED) is 0.469. The van der Waals surface area contributed by atoms with E-state index in [1.54, 1.807) is 0 Å². The van der Waals surface area contributed by atoms with E-state index in [0.717, 1.165) is 65.8 Å².